The molecule has 0 fully saturated rings. The van der Waals surface area contributed by atoms with Gasteiger partial charge in [0.2, 0.25) is 0 Å². The van der Waals surface area contributed by atoms with Crippen molar-refractivity contribution in [3.8, 4) is 0 Å². The van der Waals surface area contributed by atoms with Gasteiger partial charge in [-0.3, -0.25) is 4.98 Å². The molecule has 1 aliphatic rings. The van der Waals surface area contributed by atoms with Gasteiger partial charge in [0, 0.05) is 11.0 Å². The normalized spacial score (nSPS) is 17.8. The van der Waals surface area contributed by atoms with Crippen LogP contribution in [0.15, 0.2) is 36.6 Å². The van der Waals surface area contributed by atoms with Crippen LogP contribution in [0, 0.1) is 12.3 Å². The third kappa shape index (κ3) is 2.83. The average molecular weight is 247 g/mol. The molecule has 0 saturated heterocycles. The van der Waals surface area contributed by atoms with Gasteiger partial charge in [0.05, 0.1) is 17.6 Å². The number of aromatic nitrogens is 2. The molecule has 1 heterocycles. The average Bonchev–Trinajstić information content (AvgIpc) is 2.40. The van der Waals surface area contributed by atoms with Crippen LogP contribution in [0.3, 0.4) is 0 Å². The van der Waals surface area contributed by atoms with Gasteiger partial charge in [0.15, 0.2) is 0 Å². The summed E-state index contributed by atoms with van der Waals surface area (Å²) in [6.07, 6.45) is 12.1. The van der Waals surface area contributed by atoms with E-state index in [0.29, 0.717) is 5.15 Å². The number of hydrogen-bond donors (Lipinski definition) is 0. The first-order valence-electron chi connectivity index (χ1n) is 5.56. The highest BCUT2D eigenvalue weighted by Crippen LogP contribution is 2.26. The highest BCUT2D eigenvalue weighted by atomic mass is 35.5. The molecule has 1 aromatic rings. The molecule has 2 nitrogen and oxygen atoms in total. The summed E-state index contributed by atoms with van der Waals surface area (Å²) in [6, 6.07) is 0. The Balaban J connectivity index is 2.42. The Hall–Kier alpha value is -1.41. The van der Waals surface area contributed by atoms with Crippen LogP contribution >= 0.6 is 11.6 Å². The van der Waals surface area contributed by atoms with E-state index in [9.17, 15) is 0 Å². The van der Waals surface area contributed by atoms with Crippen LogP contribution in [-0.4, -0.2) is 9.97 Å². The lowest BCUT2D eigenvalue weighted by Crippen LogP contribution is -2.01. The largest absolute Gasteiger partial charge is 0.251 e. The maximum Gasteiger partial charge on any atom is 0.147 e. The lowest BCUT2D eigenvalue weighted by molar-refractivity contribution is 0.627. The van der Waals surface area contributed by atoms with Crippen LogP contribution in [0.5, 0.6) is 0 Å². The van der Waals surface area contributed by atoms with Gasteiger partial charge < -0.3 is 0 Å². The molecule has 0 saturated carbocycles. The van der Waals surface area contributed by atoms with Crippen LogP contribution in [0.2, 0.25) is 5.15 Å². The summed E-state index contributed by atoms with van der Waals surface area (Å²) in [4.78, 5) is 8.56. The van der Waals surface area contributed by atoms with Crippen molar-refractivity contribution < 1.29 is 0 Å². The molecule has 0 N–H and O–H groups in total. The molecule has 1 aliphatic carbocycles. The fourth-order valence-corrected chi connectivity index (χ4v) is 1.89. The monoisotopic (exact) mass is 246 g/mol. The summed E-state index contributed by atoms with van der Waals surface area (Å²) in [7, 11) is 0. The van der Waals surface area contributed by atoms with Crippen molar-refractivity contribution in [3.63, 3.8) is 0 Å². The van der Waals surface area contributed by atoms with E-state index in [-0.39, 0.29) is 5.41 Å². The van der Waals surface area contributed by atoms with Gasteiger partial charge >= 0.3 is 0 Å². The first-order chi connectivity index (χ1) is 7.98. The zero-order chi connectivity index (χ0) is 12.5. The van der Waals surface area contributed by atoms with Crippen LogP contribution in [0.1, 0.15) is 25.2 Å². The van der Waals surface area contributed by atoms with E-state index in [1.807, 2.05) is 6.92 Å². The van der Waals surface area contributed by atoms with E-state index in [0.717, 1.165) is 17.0 Å². The molecule has 1 aromatic heterocycles. The minimum Gasteiger partial charge on any atom is -0.251 e. The minimum atomic E-state index is 0.0754. The first kappa shape index (κ1) is 12.1. The summed E-state index contributed by atoms with van der Waals surface area (Å²) in [5.41, 5.74) is 2.87. The van der Waals surface area contributed by atoms with Crippen molar-refractivity contribution in [2.75, 3.05) is 0 Å². The van der Waals surface area contributed by atoms with Crippen LogP contribution < -0.4 is 0 Å². The van der Waals surface area contributed by atoms with Crippen molar-refractivity contribution >= 4 is 17.2 Å². The minimum absolute atomic E-state index is 0.0754. The molecule has 0 spiro atoms. The van der Waals surface area contributed by atoms with E-state index in [1.54, 1.807) is 6.20 Å². The Morgan fingerprint density at radius 1 is 1.24 bits per heavy atom. The number of rotatable bonds is 1. The second-order valence-electron chi connectivity index (χ2n) is 4.76. The molecule has 2 rings (SSSR count). The predicted octanol–water partition coefficient (Wildman–Crippen LogP) is 3.97. The molecule has 0 radical (unpaired) electrons. The lowest BCUT2D eigenvalue weighted by atomic mass is 9.93. The van der Waals surface area contributed by atoms with E-state index >= 15 is 0 Å². The molecule has 88 valence electrons. The predicted molar refractivity (Wildman–Crippen MR) is 71.8 cm³/mol. The maximum absolute atomic E-state index is 5.81. The van der Waals surface area contributed by atoms with E-state index in [1.165, 1.54) is 0 Å². The van der Waals surface area contributed by atoms with E-state index in [4.69, 9.17) is 11.6 Å². The second-order valence-corrected chi connectivity index (χ2v) is 5.15. The van der Waals surface area contributed by atoms with Crippen molar-refractivity contribution in [2.45, 2.75) is 20.8 Å². The summed E-state index contributed by atoms with van der Waals surface area (Å²) in [5, 5.41) is 0.431. The Morgan fingerprint density at radius 3 is 2.71 bits per heavy atom. The third-order valence-electron chi connectivity index (χ3n) is 2.68. The quantitative estimate of drug-likeness (QED) is 0.749. The second kappa shape index (κ2) is 4.46. The summed E-state index contributed by atoms with van der Waals surface area (Å²) >= 11 is 5.81. The van der Waals surface area contributed by atoms with E-state index < -0.39 is 0 Å². The smallest absolute Gasteiger partial charge is 0.147 e. The van der Waals surface area contributed by atoms with Crippen LogP contribution in [-0.2, 0) is 0 Å². The highest BCUT2D eigenvalue weighted by molar-refractivity contribution is 6.29. The molecule has 0 amide bonds. The van der Waals surface area contributed by atoms with Crippen molar-refractivity contribution in [1.29, 1.82) is 0 Å². The SMILES string of the molecule is Cc1nc(Cl)cnc1C1=CC=CC(C)(C)C=C1. The van der Waals surface area contributed by atoms with Gasteiger partial charge in [0.25, 0.3) is 0 Å². The summed E-state index contributed by atoms with van der Waals surface area (Å²) in [6.45, 7) is 6.25. The third-order valence-corrected chi connectivity index (χ3v) is 2.87. The summed E-state index contributed by atoms with van der Waals surface area (Å²) in [5.74, 6) is 0. The van der Waals surface area contributed by atoms with Gasteiger partial charge in [-0.1, -0.05) is 55.8 Å². The lowest BCUT2D eigenvalue weighted by Gasteiger charge is -2.12. The summed E-state index contributed by atoms with van der Waals surface area (Å²) < 4.78 is 0. The van der Waals surface area contributed by atoms with Crippen molar-refractivity contribution in [2.24, 2.45) is 5.41 Å². The van der Waals surface area contributed by atoms with Crippen molar-refractivity contribution in [3.05, 3.63) is 53.1 Å². The Bertz CT molecular complexity index is 525. The van der Waals surface area contributed by atoms with Crippen LogP contribution in [0.25, 0.3) is 5.57 Å². The zero-order valence-corrected chi connectivity index (χ0v) is 11.0. The fourth-order valence-electron chi connectivity index (χ4n) is 1.71. The molecule has 0 aromatic carbocycles. The van der Waals surface area contributed by atoms with Gasteiger partial charge in [-0.2, -0.15) is 0 Å². The number of allylic oxidation sites excluding steroid dienone is 6. The van der Waals surface area contributed by atoms with E-state index in [2.05, 4.69) is 54.2 Å². The molecule has 0 atom stereocenters. The number of hydrogen-bond acceptors (Lipinski definition) is 2. The molecule has 0 bridgehead atoms. The topological polar surface area (TPSA) is 25.8 Å². The van der Waals surface area contributed by atoms with Crippen molar-refractivity contribution in [1.82, 2.24) is 9.97 Å². The molecule has 3 heteroatoms. The molecule has 0 unspecified atom stereocenters. The zero-order valence-electron chi connectivity index (χ0n) is 10.2. The molecular formula is C14H15ClN2. The fraction of sp³-hybridized carbons (Fsp3) is 0.286. The Morgan fingerprint density at radius 2 is 2.00 bits per heavy atom. The Labute approximate surface area is 107 Å². The molecular weight excluding hydrogens is 232 g/mol. The highest BCUT2D eigenvalue weighted by Gasteiger charge is 2.13. The molecule has 17 heavy (non-hydrogen) atoms. The van der Waals surface area contributed by atoms with Gasteiger partial charge in [-0.25, -0.2) is 4.98 Å². The van der Waals surface area contributed by atoms with Gasteiger partial charge in [-0.05, 0) is 6.92 Å². The standard InChI is InChI=1S/C14H15ClN2/c1-10-13(16-9-12(15)17-10)11-5-4-7-14(2,3)8-6-11/h4-9H,1-3H3. The van der Waals surface area contributed by atoms with Gasteiger partial charge in [-0.15, -0.1) is 0 Å². The number of halogens is 1. The van der Waals surface area contributed by atoms with Gasteiger partial charge in [0.1, 0.15) is 5.15 Å². The molecule has 0 aliphatic heterocycles. The number of nitrogens with zero attached hydrogens (tertiary/aromatic N) is 2. The first-order valence-corrected chi connectivity index (χ1v) is 5.94. The maximum atomic E-state index is 5.81. The number of aryl methyl sites for hydroxylation is 1. The Kier molecular flexibility index (Phi) is 3.16. The van der Waals surface area contributed by atoms with Crippen LogP contribution in [0.4, 0.5) is 0 Å².